The SMILES string of the molecule is CCN(CC)c1ccc(/C=C/c2sc(C=O)c3c2OCCO3)cc1. The third-order valence-electron chi connectivity index (χ3n) is 4.01. The van der Waals surface area contributed by atoms with Crippen molar-refractivity contribution in [2.45, 2.75) is 13.8 Å². The molecule has 1 aliphatic heterocycles. The summed E-state index contributed by atoms with van der Waals surface area (Å²) in [4.78, 5) is 15.0. The minimum absolute atomic E-state index is 0.487. The average molecular weight is 343 g/mol. The highest BCUT2D eigenvalue weighted by Gasteiger charge is 2.22. The number of hydrogen-bond acceptors (Lipinski definition) is 5. The van der Waals surface area contributed by atoms with E-state index in [4.69, 9.17) is 9.47 Å². The molecule has 0 N–H and O–H groups in total. The monoisotopic (exact) mass is 343 g/mol. The van der Waals surface area contributed by atoms with Gasteiger partial charge in [0, 0.05) is 18.8 Å². The lowest BCUT2D eigenvalue weighted by Gasteiger charge is -2.20. The van der Waals surface area contributed by atoms with Crippen LogP contribution >= 0.6 is 11.3 Å². The molecule has 1 aromatic heterocycles. The van der Waals surface area contributed by atoms with Crippen LogP contribution in [0.1, 0.15) is 34.0 Å². The first kappa shape index (κ1) is 16.6. The number of benzene rings is 1. The van der Waals surface area contributed by atoms with Crippen molar-refractivity contribution in [2.24, 2.45) is 0 Å². The second-order valence-corrected chi connectivity index (χ2v) is 6.48. The molecule has 4 nitrogen and oxygen atoms in total. The molecule has 0 amide bonds. The zero-order chi connectivity index (χ0) is 16.9. The Labute approximate surface area is 146 Å². The van der Waals surface area contributed by atoms with E-state index >= 15 is 0 Å². The van der Waals surface area contributed by atoms with Gasteiger partial charge in [-0.2, -0.15) is 0 Å². The summed E-state index contributed by atoms with van der Waals surface area (Å²) in [7, 11) is 0. The van der Waals surface area contributed by atoms with E-state index < -0.39 is 0 Å². The number of ether oxygens (including phenoxy) is 2. The Kier molecular flexibility index (Phi) is 5.20. The molecule has 1 aromatic carbocycles. The van der Waals surface area contributed by atoms with Gasteiger partial charge in [0.05, 0.1) is 4.88 Å². The summed E-state index contributed by atoms with van der Waals surface area (Å²) in [5.74, 6) is 1.27. The van der Waals surface area contributed by atoms with Crippen LogP contribution in [0, 0.1) is 0 Å². The van der Waals surface area contributed by atoms with Gasteiger partial charge in [-0.15, -0.1) is 11.3 Å². The van der Waals surface area contributed by atoms with Crippen LogP contribution in [0.4, 0.5) is 5.69 Å². The molecule has 0 radical (unpaired) electrons. The molecule has 24 heavy (non-hydrogen) atoms. The number of fused-ring (bicyclic) bond motifs is 1. The molecule has 0 saturated carbocycles. The number of aldehydes is 1. The molecule has 0 fully saturated rings. The Hall–Kier alpha value is -2.27. The molecule has 0 saturated heterocycles. The van der Waals surface area contributed by atoms with Crippen LogP contribution in [-0.4, -0.2) is 32.6 Å². The fourth-order valence-electron chi connectivity index (χ4n) is 2.74. The van der Waals surface area contributed by atoms with Gasteiger partial charge in [-0.3, -0.25) is 4.79 Å². The zero-order valence-corrected chi connectivity index (χ0v) is 14.8. The van der Waals surface area contributed by atoms with Gasteiger partial charge in [0.15, 0.2) is 17.8 Å². The van der Waals surface area contributed by atoms with Crippen molar-refractivity contribution < 1.29 is 14.3 Å². The predicted octanol–water partition coefficient (Wildman–Crippen LogP) is 4.35. The number of carbonyl (C=O) groups is 1. The number of carbonyl (C=O) groups excluding carboxylic acids is 1. The van der Waals surface area contributed by atoms with E-state index in [0.29, 0.717) is 29.6 Å². The van der Waals surface area contributed by atoms with Crippen LogP contribution in [0.5, 0.6) is 11.5 Å². The van der Waals surface area contributed by atoms with Crippen molar-refractivity contribution in [3.05, 3.63) is 39.6 Å². The van der Waals surface area contributed by atoms with Gasteiger partial charge in [0.2, 0.25) is 0 Å². The van der Waals surface area contributed by atoms with Crippen LogP contribution in [-0.2, 0) is 0 Å². The topological polar surface area (TPSA) is 38.8 Å². The molecule has 0 aliphatic carbocycles. The van der Waals surface area contributed by atoms with Crippen LogP contribution < -0.4 is 14.4 Å². The Morgan fingerprint density at radius 3 is 2.21 bits per heavy atom. The molecule has 5 heteroatoms. The highest BCUT2D eigenvalue weighted by molar-refractivity contribution is 7.15. The Balaban J connectivity index is 1.81. The van der Waals surface area contributed by atoms with Gasteiger partial charge in [0.25, 0.3) is 0 Å². The van der Waals surface area contributed by atoms with Crippen molar-refractivity contribution >= 4 is 35.5 Å². The molecule has 126 valence electrons. The Bertz CT molecular complexity index is 730. The van der Waals surface area contributed by atoms with Crippen LogP contribution in [0.15, 0.2) is 24.3 Å². The number of anilines is 1. The fourth-order valence-corrected chi connectivity index (χ4v) is 3.65. The van der Waals surface area contributed by atoms with Crippen molar-refractivity contribution in [2.75, 3.05) is 31.2 Å². The van der Waals surface area contributed by atoms with E-state index in [1.807, 2.05) is 12.2 Å². The lowest BCUT2D eigenvalue weighted by Crippen LogP contribution is -2.21. The van der Waals surface area contributed by atoms with E-state index in [2.05, 4.69) is 43.0 Å². The second kappa shape index (κ2) is 7.53. The van der Waals surface area contributed by atoms with Crippen LogP contribution in [0.25, 0.3) is 12.2 Å². The van der Waals surface area contributed by atoms with Crippen molar-refractivity contribution in [1.82, 2.24) is 0 Å². The van der Waals surface area contributed by atoms with E-state index in [1.165, 1.54) is 17.0 Å². The number of hydrogen-bond donors (Lipinski definition) is 0. The Morgan fingerprint density at radius 1 is 1.00 bits per heavy atom. The smallest absolute Gasteiger partial charge is 0.183 e. The van der Waals surface area contributed by atoms with Crippen LogP contribution in [0.2, 0.25) is 0 Å². The third-order valence-corrected chi connectivity index (χ3v) is 5.05. The van der Waals surface area contributed by atoms with Gasteiger partial charge >= 0.3 is 0 Å². The lowest BCUT2D eigenvalue weighted by molar-refractivity contribution is 0.111. The molecule has 0 spiro atoms. The molecule has 0 bridgehead atoms. The second-order valence-electron chi connectivity index (χ2n) is 5.40. The third kappa shape index (κ3) is 3.31. The number of rotatable bonds is 6. The summed E-state index contributed by atoms with van der Waals surface area (Å²) >= 11 is 1.40. The summed E-state index contributed by atoms with van der Waals surface area (Å²) in [6, 6.07) is 8.46. The zero-order valence-electron chi connectivity index (χ0n) is 14.0. The summed E-state index contributed by atoms with van der Waals surface area (Å²) < 4.78 is 11.2. The summed E-state index contributed by atoms with van der Waals surface area (Å²) in [5, 5.41) is 0. The number of nitrogens with zero attached hydrogens (tertiary/aromatic N) is 1. The van der Waals surface area contributed by atoms with Gasteiger partial charge in [-0.05, 0) is 37.6 Å². The quantitative estimate of drug-likeness (QED) is 0.731. The summed E-state index contributed by atoms with van der Waals surface area (Å²) in [6.07, 6.45) is 4.84. The molecule has 1 aliphatic rings. The van der Waals surface area contributed by atoms with E-state index in [1.54, 1.807) is 0 Å². The first-order valence-electron chi connectivity index (χ1n) is 8.17. The van der Waals surface area contributed by atoms with Gasteiger partial charge < -0.3 is 14.4 Å². The Morgan fingerprint density at radius 2 is 1.62 bits per heavy atom. The summed E-state index contributed by atoms with van der Waals surface area (Å²) in [5.41, 5.74) is 2.34. The van der Waals surface area contributed by atoms with E-state index in [9.17, 15) is 4.79 Å². The first-order chi connectivity index (χ1) is 11.8. The maximum absolute atomic E-state index is 11.2. The summed E-state index contributed by atoms with van der Waals surface area (Å²) in [6.45, 7) is 7.31. The van der Waals surface area contributed by atoms with Crippen LogP contribution in [0.3, 0.4) is 0 Å². The number of thiophene rings is 1. The first-order valence-corrected chi connectivity index (χ1v) is 8.99. The minimum Gasteiger partial charge on any atom is -0.485 e. The van der Waals surface area contributed by atoms with Gasteiger partial charge in [0.1, 0.15) is 18.1 Å². The standard InChI is InChI=1S/C19H21NO3S/c1-3-20(4-2)15-8-5-14(6-9-15)7-10-16-18-19(17(13-21)24-16)23-12-11-22-18/h5-10,13H,3-4,11-12H2,1-2H3/b10-7+. The highest BCUT2D eigenvalue weighted by atomic mass is 32.1. The van der Waals surface area contributed by atoms with Crippen molar-refractivity contribution in [3.63, 3.8) is 0 Å². The van der Waals surface area contributed by atoms with Gasteiger partial charge in [-0.25, -0.2) is 0 Å². The predicted molar refractivity (Wildman–Crippen MR) is 99.6 cm³/mol. The van der Waals surface area contributed by atoms with Gasteiger partial charge in [-0.1, -0.05) is 18.2 Å². The molecule has 3 rings (SSSR count). The maximum Gasteiger partial charge on any atom is 0.183 e. The maximum atomic E-state index is 11.2. The normalized spacial score (nSPS) is 13.2. The highest BCUT2D eigenvalue weighted by Crippen LogP contribution is 2.44. The fraction of sp³-hybridized carbons (Fsp3) is 0.316. The molecule has 2 aromatic rings. The lowest BCUT2D eigenvalue weighted by atomic mass is 10.1. The molecule has 0 unspecified atom stereocenters. The molecule has 0 atom stereocenters. The van der Waals surface area contributed by atoms with E-state index in [0.717, 1.165) is 29.8 Å². The minimum atomic E-state index is 0.487. The average Bonchev–Trinajstić information content (AvgIpc) is 3.00. The molecular formula is C19H21NO3S. The molecule has 2 heterocycles. The van der Waals surface area contributed by atoms with E-state index in [-0.39, 0.29) is 0 Å². The van der Waals surface area contributed by atoms with Crippen molar-refractivity contribution in [3.8, 4) is 11.5 Å². The van der Waals surface area contributed by atoms with Crippen molar-refractivity contribution in [1.29, 1.82) is 0 Å². The largest absolute Gasteiger partial charge is 0.485 e. The molecular weight excluding hydrogens is 322 g/mol.